The van der Waals surface area contributed by atoms with Gasteiger partial charge in [-0.3, -0.25) is 4.79 Å². The third-order valence-electron chi connectivity index (χ3n) is 5.20. The number of rotatable bonds is 5. The lowest BCUT2D eigenvalue weighted by Gasteiger charge is -2.21. The first-order chi connectivity index (χ1) is 15.2. The largest absolute Gasteiger partial charge is 0.301 e. The van der Waals surface area contributed by atoms with E-state index in [1.165, 1.54) is 28.7 Å². The summed E-state index contributed by atoms with van der Waals surface area (Å²) in [6, 6.07) is 14.2. The summed E-state index contributed by atoms with van der Waals surface area (Å²) in [6.45, 7) is 0. The number of para-hydroxylation sites is 1. The van der Waals surface area contributed by atoms with Crippen molar-refractivity contribution in [2.45, 2.75) is 30.7 Å². The van der Waals surface area contributed by atoms with Crippen molar-refractivity contribution in [3.05, 3.63) is 58.6 Å². The third kappa shape index (κ3) is 4.09. The van der Waals surface area contributed by atoms with Crippen LogP contribution in [0.3, 0.4) is 0 Å². The average molecular weight is 463 g/mol. The Hall–Kier alpha value is -2.73. The highest BCUT2D eigenvalue weighted by molar-refractivity contribution is 8.00. The Morgan fingerprint density at radius 2 is 2.03 bits per heavy atom. The van der Waals surface area contributed by atoms with Crippen LogP contribution in [0.4, 0.5) is 5.13 Å². The van der Waals surface area contributed by atoms with E-state index in [1.54, 1.807) is 11.3 Å². The number of nitrogens with one attached hydrogen (secondary N) is 1. The van der Waals surface area contributed by atoms with E-state index in [4.69, 9.17) is 4.98 Å². The van der Waals surface area contributed by atoms with Gasteiger partial charge in [0.2, 0.25) is 5.91 Å². The molecule has 0 aliphatic heterocycles. The summed E-state index contributed by atoms with van der Waals surface area (Å²) in [5.74, 6) is 0.0328. The number of nitrogens with zero attached hydrogens (tertiary/aromatic N) is 3. The Bertz CT molecular complexity index is 1270. The van der Waals surface area contributed by atoms with Gasteiger partial charge in [-0.25, -0.2) is 9.97 Å². The first-order valence-corrected chi connectivity index (χ1v) is 12.7. The molecule has 154 valence electrons. The van der Waals surface area contributed by atoms with Crippen LogP contribution in [0.15, 0.2) is 46.8 Å². The Kier molecular flexibility index (Phi) is 5.72. The maximum Gasteiger partial charge on any atom is 0.236 e. The molecule has 0 atom stereocenters. The van der Waals surface area contributed by atoms with Crippen molar-refractivity contribution in [2.24, 2.45) is 0 Å². The normalized spacial score (nSPS) is 13.0. The molecule has 5 rings (SSSR count). The number of anilines is 1. The van der Waals surface area contributed by atoms with E-state index in [0.29, 0.717) is 15.7 Å². The quantitative estimate of drug-likeness (QED) is 0.374. The van der Waals surface area contributed by atoms with Gasteiger partial charge in [-0.05, 0) is 54.8 Å². The van der Waals surface area contributed by atoms with Crippen molar-refractivity contribution in [1.82, 2.24) is 9.97 Å². The summed E-state index contributed by atoms with van der Waals surface area (Å²) in [4.78, 5) is 23.0. The van der Waals surface area contributed by atoms with Crippen LogP contribution < -0.4 is 5.32 Å². The zero-order chi connectivity index (χ0) is 21.2. The molecule has 1 amide bonds. The molecule has 5 nitrogen and oxygen atoms in total. The molecule has 3 heterocycles. The lowest BCUT2D eigenvalue weighted by Crippen LogP contribution is -2.15. The van der Waals surface area contributed by atoms with Gasteiger partial charge < -0.3 is 5.32 Å². The molecule has 8 heteroatoms. The molecule has 0 saturated carbocycles. The van der Waals surface area contributed by atoms with Gasteiger partial charge >= 0.3 is 0 Å². The highest BCUT2D eigenvalue weighted by Crippen LogP contribution is 2.39. The Labute approximate surface area is 192 Å². The van der Waals surface area contributed by atoms with Crippen LogP contribution >= 0.6 is 34.4 Å². The number of thiophene rings is 1. The van der Waals surface area contributed by atoms with Crippen LogP contribution in [0.1, 0.15) is 29.7 Å². The van der Waals surface area contributed by atoms with Gasteiger partial charge in [0.05, 0.1) is 21.5 Å². The smallest absolute Gasteiger partial charge is 0.236 e. The number of aryl methyl sites for hydroxylation is 1. The van der Waals surface area contributed by atoms with Gasteiger partial charge in [0.25, 0.3) is 0 Å². The van der Waals surface area contributed by atoms with Crippen molar-refractivity contribution in [2.75, 3.05) is 11.1 Å². The maximum atomic E-state index is 12.6. The van der Waals surface area contributed by atoms with Crippen molar-refractivity contribution >= 4 is 55.7 Å². The molecule has 0 unspecified atom stereocenters. The van der Waals surface area contributed by atoms with E-state index in [-0.39, 0.29) is 11.7 Å². The van der Waals surface area contributed by atoms with E-state index in [0.717, 1.165) is 52.0 Å². The summed E-state index contributed by atoms with van der Waals surface area (Å²) >= 11 is 4.42. The molecule has 0 spiro atoms. The second-order valence-corrected chi connectivity index (χ2v) is 10.2. The zero-order valence-electron chi connectivity index (χ0n) is 16.6. The molecule has 0 bridgehead atoms. The van der Waals surface area contributed by atoms with Crippen molar-refractivity contribution in [3.63, 3.8) is 0 Å². The number of thiazole rings is 1. The van der Waals surface area contributed by atoms with Crippen LogP contribution in [0.5, 0.6) is 0 Å². The first-order valence-electron chi connectivity index (χ1n) is 10.0. The minimum atomic E-state index is -0.148. The van der Waals surface area contributed by atoms with Gasteiger partial charge in [0, 0.05) is 16.1 Å². The molecule has 1 N–H and O–H groups in total. The number of aromatic nitrogens is 2. The summed E-state index contributed by atoms with van der Waals surface area (Å²) in [6.07, 6.45) is 4.10. The Morgan fingerprint density at radius 3 is 2.84 bits per heavy atom. The van der Waals surface area contributed by atoms with Crippen LogP contribution in [-0.4, -0.2) is 21.6 Å². The zero-order valence-corrected chi connectivity index (χ0v) is 19.0. The lowest BCUT2D eigenvalue weighted by atomic mass is 9.89. The number of carbonyl (C=O) groups is 1. The maximum absolute atomic E-state index is 12.6. The number of pyridine rings is 1. The first kappa shape index (κ1) is 20.2. The third-order valence-corrected chi connectivity index (χ3v) is 8.02. The summed E-state index contributed by atoms with van der Waals surface area (Å²) in [5, 5.41) is 16.1. The molecule has 0 saturated heterocycles. The number of nitriles is 1. The standard InChI is InChI=1S/C23H18N4OS3/c24-12-15-21(19-10-5-11-29-19)14-6-1-2-7-16(14)25-22(15)30-13-20(28)27-23-26-17-8-3-4-9-18(17)31-23/h3-5,8-11H,1-2,6-7,13H2,(H,26,27,28). The van der Waals surface area contributed by atoms with Crippen LogP contribution in [0, 0.1) is 11.3 Å². The fourth-order valence-electron chi connectivity index (χ4n) is 3.83. The van der Waals surface area contributed by atoms with Crippen molar-refractivity contribution in [1.29, 1.82) is 5.26 Å². The van der Waals surface area contributed by atoms with Crippen LogP contribution in [0.2, 0.25) is 0 Å². The highest BCUT2D eigenvalue weighted by atomic mass is 32.2. The number of carbonyl (C=O) groups excluding carboxylic acids is 1. The van der Waals surface area contributed by atoms with E-state index < -0.39 is 0 Å². The van der Waals surface area contributed by atoms with Gasteiger partial charge in [0.15, 0.2) is 5.13 Å². The molecular formula is C23H18N4OS3. The van der Waals surface area contributed by atoms with Gasteiger partial charge in [-0.2, -0.15) is 5.26 Å². The number of fused-ring (bicyclic) bond motifs is 2. The Balaban J connectivity index is 1.40. The molecule has 3 aromatic heterocycles. The lowest BCUT2D eigenvalue weighted by molar-refractivity contribution is -0.113. The molecule has 1 aliphatic carbocycles. The van der Waals surface area contributed by atoms with E-state index in [2.05, 4.69) is 22.4 Å². The van der Waals surface area contributed by atoms with Crippen LogP contribution in [-0.2, 0) is 17.6 Å². The monoisotopic (exact) mass is 462 g/mol. The second kappa shape index (κ2) is 8.79. The topological polar surface area (TPSA) is 78.7 Å². The minimum Gasteiger partial charge on any atom is -0.301 e. The van der Waals surface area contributed by atoms with Gasteiger partial charge in [-0.15, -0.1) is 11.3 Å². The predicted octanol–water partition coefficient (Wildman–Crippen LogP) is 5.90. The number of benzene rings is 1. The van der Waals surface area contributed by atoms with Crippen molar-refractivity contribution < 1.29 is 4.79 Å². The fraction of sp³-hybridized carbons (Fsp3) is 0.217. The van der Waals surface area contributed by atoms with E-state index in [1.807, 2.05) is 35.7 Å². The number of hydrogen-bond acceptors (Lipinski definition) is 7. The minimum absolute atomic E-state index is 0.148. The van der Waals surface area contributed by atoms with Gasteiger partial charge in [-0.1, -0.05) is 41.3 Å². The molecule has 1 aromatic carbocycles. The number of amides is 1. The fourth-order valence-corrected chi connectivity index (χ4v) is 6.33. The van der Waals surface area contributed by atoms with Crippen molar-refractivity contribution in [3.8, 4) is 16.5 Å². The van der Waals surface area contributed by atoms with E-state index in [9.17, 15) is 10.1 Å². The number of thioether (sulfide) groups is 1. The molecule has 0 radical (unpaired) electrons. The highest BCUT2D eigenvalue weighted by Gasteiger charge is 2.24. The second-order valence-electron chi connectivity index (χ2n) is 7.21. The predicted molar refractivity (Wildman–Crippen MR) is 128 cm³/mol. The molecule has 31 heavy (non-hydrogen) atoms. The summed E-state index contributed by atoms with van der Waals surface area (Å²) in [5.41, 5.74) is 4.74. The summed E-state index contributed by atoms with van der Waals surface area (Å²) in [7, 11) is 0. The molecule has 4 aromatic rings. The molecule has 0 fully saturated rings. The Morgan fingerprint density at radius 1 is 1.16 bits per heavy atom. The molecule has 1 aliphatic rings. The SMILES string of the molecule is N#Cc1c(SCC(=O)Nc2nc3ccccc3s2)nc2c(c1-c1cccs1)CCCC2. The van der Waals surface area contributed by atoms with Crippen LogP contribution in [0.25, 0.3) is 20.7 Å². The molecular weight excluding hydrogens is 444 g/mol. The van der Waals surface area contributed by atoms with Gasteiger partial charge in [0.1, 0.15) is 11.1 Å². The number of hydrogen-bond donors (Lipinski definition) is 1. The summed E-state index contributed by atoms with van der Waals surface area (Å²) < 4.78 is 1.04. The average Bonchev–Trinajstić information content (AvgIpc) is 3.46. The van der Waals surface area contributed by atoms with E-state index >= 15 is 0 Å².